The molecule has 0 aliphatic carbocycles. The fourth-order valence-electron chi connectivity index (χ4n) is 1.94. The van der Waals surface area contributed by atoms with Crippen molar-refractivity contribution in [3.8, 4) is 0 Å². The molecule has 2 aromatic heterocycles. The maximum atomic E-state index is 10.7. The number of rotatable bonds is 3. The van der Waals surface area contributed by atoms with Gasteiger partial charge in [0.25, 0.3) is 0 Å². The van der Waals surface area contributed by atoms with Gasteiger partial charge in [-0.3, -0.25) is 4.79 Å². The second-order valence-corrected chi connectivity index (χ2v) is 4.00. The van der Waals surface area contributed by atoms with Gasteiger partial charge < -0.3 is 9.51 Å². The maximum Gasteiger partial charge on any atom is 0.304 e. The Morgan fingerprint density at radius 2 is 2.31 bits per heavy atom. The predicted octanol–water partition coefficient (Wildman–Crippen LogP) is 2.22. The third-order valence-corrected chi connectivity index (χ3v) is 2.70. The van der Waals surface area contributed by atoms with Crippen LogP contribution in [0, 0.1) is 6.92 Å². The summed E-state index contributed by atoms with van der Waals surface area (Å²) < 4.78 is 1.98. The molecule has 0 radical (unpaired) electrons. The van der Waals surface area contributed by atoms with Crippen LogP contribution in [0.5, 0.6) is 0 Å². The number of aliphatic carboxylic acids is 1. The third kappa shape index (κ3) is 1.78. The quantitative estimate of drug-likeness (QED) is 0.859. The molecule has 4 heteroatoms. The van der Waals surface area contributed by atoms with Gasteiger partial charge in [0.1, 0.15) is 5.82 Å². The van der Waals surface area contributed by atoms with Gasteiger partial charge in [0.2, 0.25) is 0 Å². The van der Waals surface area contributed by atoms with Crippen LogP contribution in [0.2, 0.25) is 0 Å². The Balaban J connectivity index is 2.48. The van der Waals surface area contributed by atoms with Crippen LogP contribution < -0.4 is 0 Å². The highest BCUT2D eigenvalue weighted by molar-refractivity contribution is 5.69. The van der Waals surface area contributed by atoms with Gasteiger partial charge in [0.05, 0.1) is 17.6 Å². The van der Waals surface area contributed by atoms with E-state index in [2.05, 4.69) is 4.98 Å². The molecule has 0 amide bonds. The number of carboxylic acid groups (broad SMARTS) is 1. The van der Waals surface area contributed by atoms with Crippen LogP contribution in [-0.2, 0) is 4.79 Å². The first-order chi connectivity index (χ1) is 7.59. The van der Waals surface area contributed by atoms with E-state index in [4.69, 9.17) is 5.11 Å². The van der Waals surface area contributed by atoms with E-state index >= 15 is 0 Å². The van der Waals surface area contributed by atoms with Gasteiger partial charge in [-0.05, 0) is 19.1 Å². The zero-order valence-corrected chi connectivity index (χ0v) is 9.34. The molecule has 0 saturated heterocycles. The largest absolute Gasteiger partial charge is 0.481 e. The van der Waals surface area contributed by atoms with E-state index in [1.54, 1.807) is 0 Å². The number of imidazole rings is 1. The Labute approximate surface area is 93.5 Å². The molecule has 1 atom stereocenters. The molecule has 0 aliphatic heterocycles. The standard InChI is InChI=1S/C12H14N2O2/c1-8(7-11(15)16)12-10-5-3-4-6-14(10)9(2)13-12/h3-6,8H,7H2,1-2H3,(H,15,16). The van der Waals surface area contributed by atoms with Crippen molar-refractivity contribution in [3.63, 3.8) is 0 Å². The highest BCUT2D eigenvalue weighted by atomic mass is 16.4. The van der Waals surface area contributed by atoms with Gasteiger partial charge in [-0.2, -0.15) is 0 Å². The number of hydrogen-bond acceptors (Lipinski definition) is 2. The van der Waals surface area contributed by atoms with Crippen molar-refractivity contribution >= 4 is 11.5 Å². The molecule has 1 N–H and O–H groups in total. The number of aromatic nitrogens is 2. The highest BCUT2D eigenvalue weighted by Gasteiger charge is 2.16. The van der Waals surface area contributed by atoms with Crippen LogP contribution in [0.25, 0.3) is 5.52 Å². The summed E-state index contributed by atoms with van der Waals surface area (Å²) in [6, 6.07) is 5.84. The summed E-state index contributed by atoms with van der Waals surface area (Å²) in [5, 5.41) is 8.79. The van der Waals surface area contributed by atoms with Crippen molar-refractivity contribution in [2.75, 3.05) is 0 Å². The monoisotopic (exact) mass is 218 g/mol. The molecule has 0 fully saturated rings. The van der Waals surface area contributed by atoms with Crippen LogP contribution in [0.3, 0.4) is 0 Å². The van der Waals surface area contributed by atoms with Crippen LogP contribution in [0.15, 0.2) is 24.4 Å². The van der Waals surface area contributed by atoms with E-state index in [1.165, 1.54) is 0 Å². The van der Waals surface area contributed by atoms with E-state index in [0.717, 1.165) is 17.0 Å². The van der Waals surface area contributed by atoms with E-state index in [0.29, 0.717) is 0 Å². The van der Waals surface area contributed by atoms with Gasteiger partial charge in [0, 0.05) is 12.1 Å². The predicted molar refractivity (Wildman–Crippen MR) is 60.6 cm³/mol. The van der Waals surface area contributed by atoms with Crippen molar-refractivity contribution in [1.82, 2.24) is 9.38 Å². The average Bonchev–Trinajstić information content (AvgIpc) is 2.56. The van der Waals surface area contributed by atoms with E-state index in [1.807, 2.05) is 42.6 Å². The first-order valence-electron chi connectivity index (χ1n) is 5.25. The third-order valence-electron chi connectivity index (χ3n) is 2.70. The minimum atomic E-state index is -0.790. The second kappa shape index (κ2) is 3.96. The van der Waals surface area contributed by atoms with Crippen molar-refractivity contribution in [3.05, 3.63) is 35.9 Å². The zero-order valence-electron chi connectivity index (χ0n) is 9.34. The van der Waals surface area contributed by atoms with E-state index in [9.17, 15) is 4.79 Å². The van der Waals surface area contributed by atoms with Crippen LogP contribution in [-0.4, -0.2) is 20.5 Å². The number of nitrogens with zero attached hydrogens (tertiary/aromatic N) is 2. The molecule has 1 unspecified atom stereocenters. The molecular formula is C12H14N2O2. The first kappa shape index (κ1) is 10.7. The summed E-state index contributed by atoms with van der Waals surface area (Å²) in [5.41, 5.74) is 1.86. The lowest BCUT2D eigenvalue weighted by molar-refractivity contribution is -0.137. The molecular weight excluding hydrogens is 204 g/mol. The van der Waals surface area contributed by atoms with Crippen LogP contribution in [0.1, 0.15) is 30.8 Å². The molecule has 84 valence electrons. The van der Waals surface area contributed by atoms with Crippen molar-refractivity contribution in [2.45, 2.75) is 26.2 Å². The molecule has 0 aliphatic rings. The summed E-state index contributed by atoms with van der Waals surface area (Å²) >= 11 is 0. The normalized spacial score (nSPS) is 12.9. The SMILES string of the molecule is Cc1nc(C(C)CC(=O)O)c2ccccn12. The van der Waals surface area contributed by atoms with Crippen molar-refractivity contribution in [1.29, 1.82) is 0 Å². The molecule has 4 nitrogen and oxygen atoms in total. The van der Waals surface area contributed by atoms with Gasteiger partial charge in [0.15, 0.2) is 0 Å². The number of carbonyl (C=O) groups is 1. The smallest absolute Gasteiger partial charge is 0.304 e. The lowest BCUT2D eigenvalue weighted by Crippen LogP contribution is -2.03. The molecule has 0 spiro atoms. The number of hydrogen-bond donors (Lipinski definition) is 1. The molecule has 0 aromatic carbocycles. The van der Waals surface area contributed by atoms with Crippen molar-refractivity contribution in [2.24, 2.45) is 0 Å². The summed E-state index contributed by atoms with van der Waals surface area (Å²) in [4.78, 5) is 15.1. The van der Waals surface area contributed by atoms with Crippen LogP contribution >= 0.6 is 0 Å². The highest BCUT2D eigenvalue weighted by Crippen LogP contribution is 2.23. The fourth-order valence-corrected chi connectivity index (χ4v) is 1.94. The Hall–Kier alpha value is -1.84. The molecule has 2 rings (SSSR count). The fraction of sp³-hybridized carbons (Fsp3) is 0.333. The van der Waals surface area contributed by atoms with Gasteiger partial charge in [-0.1, -0.05) is 13.0 Å². The molecule has 16 heavy (non-hydrogen) atoms. The number of aryl methyl sites for hydroxylation is 1. The Morgan fingerprint density at radius 1 is 1.56 bits per heavy atom. The molecule has 0 bridgehead atoms. The maximum absolute atomic E-state index is 10.7. The van der Waals surface area contributed by atoms with Crippen LogP contribution in [0.4, 0.5) is 0 Å². The minimum Gasteiger partial charge on any atom is -0.481 e. The Bertz CT molecular complexity index is 531. The second-order valence-electron chi connectivity index (χ2n) is 4.00. The zero-order chi connectivity index (χ0) is 11.7. The summed E-state index contributed by atoms with van der Waals surface area (Å²) in [5.74, 6) is 0.0358. The number of pyridine rings is 1. The topological polar surface area (TPSA) is 54.6 Å². The summed E-state index contributed by atoms with van der Waals surface area (Å²) in [6.07, 6.45) is 2.05. The van der Waals surface area contributed by atoms with Gasteiger partial charge in [-0.25, -0.2) is 4.98 Å². The van der Waals surface area contributed by atoms with E-state index in [-0.39, 0.29) is 12.3 Å². The number of fused-ring (bicyclic) bond motifs is 1. The first-order valence-corrected chi connectivity index (χ1v) is 5.25. The Kier molecular flexibility index (Phi) is 2.64. The van der Waals surface area contributed by atoms with E-state index < -0.39 is 5.97 Å². The average molecular weight is 218 g/mol. The lowest BCUT2D eigenvalue weighted by atomic mass is 10.0. The Morgan fingerprint density at radius 3 is 3.00 bits per heavy atom. The molecule has 2 aromatic rings. The van der Waals surface area contributed by atoms with Gasteiger partial charge >= 0.3 is 5.97 Å². The summed E-state index contributed by atoms with van der Waals surface area (Å²) in [7, 11) is 0. The summed E-state index contributed by atoms with van der Waals surface area (Å²) in [6.45, 7) is 3.81. The molecule has 0 saturated carbocycles. The lowest BCUT2D eigenvalue weighted by Gasteiger charge is -2.05. The minimum absolute atomic E-state index is 0.0661. The number of carboxylic acids is 1. The van der Waals surface area contributed by atoms with Crippen molar-refractivity contribution < 1.29 is 9.90 Å². The van der Waals surface area contributed by atoms with Gasteiger partial charge in [-0.15, -0.1) is 0 Å². The molecule has 2 heterocycles.